The van der Waals surface area contributed by atoms with E-state index in [1.54, 1.807) is 0 Å². The molecule has 0 radical (unpaired) electrons. The summed E-state index contributed by atoms with van der Waals surface area (Å²) in [5.74, 6) is 0. The second-order valence-corrected chi connectivity index (χ2v) is 4.88. The number of hydrogen-bond acceptors (Lipinski definition) is 0. The van der Waals surface area contributed by atoms with Crippen LogP contribution in [0.25, 0.3) is 0 Å². The van der Waals surface area contributed by atoms with Gasteiger partial charge in [0.25, 0.3) is 0 Å². The van der Waals surface area contributed by atoms with Crippen LogP contribution in [0.4, 0.5) is 0 Å². The zero-order chi connectivity index (χ0) is 11.3. The predicted octanol–water partition coefficient (Wildman–Crippen LogP) is -3.55. The standard InChI is InChI=1S/C12H28N4.CH4/c1-5-13-7-2-9-15-11-4-12-16-10-3-8-14-6-1;/h13-16H,1-12H2;1H4/p+4. The lowest BCUT2D eigenvalue weighted by Gasteiger charge is -2.05. The van der Waals surface area contributed by atoms with Crippen molar-refractivity contribution in [2.24, 2.45) is 0 Å². The minimum absolute atomic E-state index is 0. The molecule has 0 bridgehead atoms. The van der Waals surface area contributed by atoms with Gasteiger partial charge in [-0.1, -0.05) is 7.43 Å². The van der Waals surface area contributed by atoms with Crippen LogP contribution in [0.5, 0.6) is 0 Å². The van der Waals surface area contributed by atoms with E-state index in [9.17, 15) is 0 Å². The molecular weight excluding hydrogens is 212 g/mol. The fourth-order valence-corrected chi connectivity index (χ4v) is 2.20. The van der Waals surface area contributed by atoms with Crippen molar-refractivity contribution in [2.45, 2.75) is 33.1 Å². The molecule has 1 rings (SSSR count). The molecule has 0 aromatic heterocycles. The SMILES string of the molecule is C.C1C[NH2+]CCC[NH2+]CCC[NH2+]CCC[NH2+]C1. The van der Waals surface area contributed by atoms with Crippen molar-refractivity contribution in [3.8, 4) is 0 Å². The quantitative estimate of drug-likeness (QED) is 0.343. The lowest BCUT2D eigenvalue weighted by atomic mass is 10.3. The highest BCUT2D eigenvalue weighted by Gasteiger charge is 1.99. The van der Waals surface area contributed by atoms with Crippen LogP contribution in [0.15, 0.2) is 0 Å². The maximum atomic E-state index is 2.49. The molecule has 8 N–H and O–H groups in total. The molecular formula is C13H36N4+4. The molecule has 1 aliphatic heterocycles. The van der Waals surface area contributed by atoms with Gasteiger partial charge in [0, 0.05) is 25.7 Å². The van der Waals surface area contributed by atoms with E-state index in [2.05, 4.69) is 21.3 Å². The summed E-state index contributed by atoms with van der Waals surface area (Å²) >= 11 is 0. The second-order valence-electron chi connectivity index (χ2n) is 4.88. The molecule has 1 saturated heterocycles. The van der Waals surface area contributed by atoms with Crippen molar-refractivity contribution in [1.29, 1.82) is 0 Å². The molecule has 0 unspecified atom stereocenters. The summed E-state index contributed by atoms with van der Waals surface area (Å²) in [7, 11) is 0. The van der Waals surface area contributed by atoms with Gasteiger partial charge in [0.15, 0.2) is 0 Å². The maximum Gasteiger partial charge on any atom is 0.0809 e. The van der Waals surface area contributed by atoms with Crippen LogP contribution in [-0.4, -0.2) is 52.4 Å². The van der Waals surface area contributed by atoms with Crippen LogP contribution in [-0.2, 0) is 0 Å². The first-order valence-corrected chi connectivity index (χ1v) is 7.27. The van der Waals surface area contributed by atoms with Crippen LogP contribution in [0, 0.1) is 0 Å². The molecule has 1 aliphatic rings. The first-order valence-electron chi connectivity index (χ1n) is 7.27. The molecule has 0 saturated carbocycles. The monoisotopic (exact) mass is 248 g/mol. The van der Waals surface area contributed by atoms with E-state index in [0.717, 1.165) is 0 Å². The van der Waals surface area contributed by atoms with Crippen molar-refractivity contribution < 1.29 is 21.3 Å². The lowest BCUT2D eigenvalue weighted by molar-refractivity contribution is -0.704. The smallest absolute Gasteiger partial charge is 0.0809 e. The summed E-state index contributed by atoms with van der Waals surface area (Å²) in [4.78, 5) is 0. The van der Waals surface area contributed by atoms with Gasteiger partial charge >= 0.3 is 0 Å². The second kappa shape index (κ2) is 13.9. The van der Waals surface area contributed by atoms with Gasteiger partial charge in [-0.15, -0.1) is 0 Å². The zero-order valence-corrected chi connectivity index (χ0v) is 10.8. The van der Waals surface area contributed by atoms with Gasteiger partial charge in [0.05, 0.1) is 52.4 Å². The fourth-order valence-electron chi connectivity index (χ4n) is 2.20. The van der Waals surface area contributed by atoms with Gasteiger partial charge in [-0.25, -0.2) is 0 Å². The van der Waals surface area contributed by atoms with Crippen LogP contribution in [0.2, 0.25) is 0 Å². The Morgan fingerprint density at radius 1 is 0.353 bits per heavy atom. The summed E-state index contributed by atoms with van der Waals surface area (Å²) in [5, 5.41) is 9.95. The van der Waals surface area contributed by atoms with Crippen molar-refractivity contribution in [3.63, 3.8) is 0 Å². The number of hydrogen-bond donors (Lipinski definition) is 4. The third kappa shape index (κ3) is 12.1. The van der Waals surface area contributed by atoms with E-state index < -0.39 is 0 Å². The van der Waals surface area contributed by atoms with E-state index in [1.165, 1.54) is 78.0 Å². The Bertz CT molecular complexity index is 77.4. The predicted molar refractivity (Wildman–Crippen MR) is 71.8 cm³/mol. The third-order valence-corrected chi connectivity index (χ3v) is 3.27. The molecule has 1 fully saturated rings. The van der Waals surface area contributed by atoms with E-state index >= 15 is 0 Å². The average Bonchev–Trinajstić information content (AvgIpc) is 2.29. The highest BCUT2D eigenvalue weighted by Crippen LogP contribution is 1.68. The van der Waals surface area contributed by atoms with Crippen LogP contribution in [0.1, 0.15) is 33.1 Å². The first-order chi connectivity index (χ1) is 8.00. The third-order valence-electron chi connectivity index (χ3n) is 3.27. The number of quaternary nitrogens is 4. The molecule has 1 heterocycles. The topological polar surface area (TPSA) is 66.4 Å². The van der Waals surface area contributed by atoms with Gasteiger partial charge in [-0.3, -0.25) is 0 Å². The van der Waals surface area contributed by atoms with E-state index in [0.29, 0.717) is 0 Å². The summed E-state index contributed by atoms with van der Waals surface area (Å²) in [5.41, 5.74) is 0. The molecule has 0 aromatic rings. The molecule has 0 aliphatic carbocycles. The Morgan fingerprint density at radius 2 is 0.529 bits per heavy atom. The Labute approximate surface area is 107 Å². The minimum Gasteiger partial charge on any atom is -0.346 e. The summed E-state index contributed by atoms with van der Waals surface area (Å²) in [6, 6.07) is 0. The molecule has 0 amide bonds. The number of rotatable bonds is 0. The summed E-state index contributed by atoms with van der Waals surface area (Å²) in [6.45, 7) is 10.6. The van der Waals surface area contributed by atoms with Gasteiger partial charge < -0.3 is 21.3 Å². The van der Waals surface area contributed by atoms with Crippen LogP contribution in [0.3, 0.4) is 0 Å². The van der Waals surface area contributed by atoms with Crippen molar-refractivity contribution >= 4 is 0 Å². The van der Waals surface area contributed by atoms with Crippen LogP contribution < -0.4 is 21.3 Å². The van der Waals surface area contributed by atoms with E-state index in [4.69, 9.17) is 0 Å². The molecule has 0 spiro atoms. The van der Waals surface area contributed by atoms with E-state index in [1.807, 2.05) is 0 Å². The highest BCUT2D eigenvalue weighted by atomic mass is 14.9. The Balaban J connectivity index is 0.00000256. The molecule has 4 heteroatoms. The minimum atomic E-state index is 0. The Kier molecular flexibility index (Phi) is 13.8. The van der Waals surface area contributed by atoms with Gasteiger partial charge in [-0.2, -0.15) is 0 Å². The van der Waals surface area contributed by atoms with E-state index in [-0.39, 0.29) is 7.43 Å². The lowest BCUT2D eigenvalue weighted by Crippen LogP contribution is -2.92. The largest absolute Gasteiger partial charge is 0.346 e. The fraction of sp³-hybridized carbons (Fsp3) is 1.00. The average molecular weight is 248 g/mol. The van der Waals surface area contributed by atoms with Gasteiger partial charge in [0.2, 0.25) is 0 Å². The maximum absolute atomic E-state index is 2.49. The molecule has 0 aromatic carbocycles. The zero-order valence-electron chi connectivity index (χ0n) is 10.8. The summed E-state index contributed by atoms with van der Waals surface area (Å²) in [6.07, 6.45) is 5.47. The van der Waals surface area contributed by atoms with Crippen molar-refractivity contribution in [2.75, 3.05) is 52.4 Å². The first kappa shape index (κ1) is 16.8. The Hall–Kier alpha value is -0.160. The summed E-state index contributed by atoms with van der Waals surface area (Å²) < 4.78 is 0. The van der Waals surface area contributed by atoms with Gasteiger partial charge in [0.1, 0.15) is 0 Å². The van der Waals surface area contributed by atoms with Crippen molar-refractivity contribution in [1.82, 2.24) is 0 Å². The molecule has 104 valence electrons. The molecule has 0 atom stereocenters. The highest BCUT2D eigenvalue weighted by molar-refractivity contribution is 4.33. The van der Waals surface area contributed by atoms with Crippen molar-refractivity contribution in [3.05, 3.63) is 0 Å². The molecule has 4 nitrogen and oxygen atoms in total. The number of nitrogens with two attached hydrogens (primary N) is 4. The van der Waals surface area contributed by atoms with Crippen LogP contribution >= 0.6 is 0 Å². The normalized spacial score (nSPS) is 22.6. The van der Waals surface area contributed by atoms with Gasteiger partial charge in [-0.05, 0) is 0 Å². The molecule has 17 heavy (non-hydrogen) atoms. The Morgan fingerprint density at radius 3 is 0.706 bits per heavy atom.